The zero-order chi connectivity index (χ0) is 18.8. The van der Waals surface area contributed by atoms with E-state index < -0.39 is 12.4 Å². The van der Waals surface area contributed by atoms with Gasteiger partial charge in [-0.1, -0.05) is 39.0 Å². The van der Waals surface area contributed by atoms with E-state index in [0.29, 0.717) is 31.3 Å². The van der Waals surface area contributed by atoms with Crippen LogP contribution in [0.1, 0.15) is 45.4 Å². The van der Waals surface area contributed by atoms with Crippen molar-refractivity contribution in [2.75, 3.05) is 52.2 Å². The summed E-state index contributed by atoms with van der Waals surface area (Å²) >= 11 is 1.57. The Morgan fingerprint density at radius 3 is 2.20 bits per heavy atom. The number of hydrogen-bond acceptors (Lipinski definition) is 7. The third-order valence-electron chi connectivity index (χ3n) is 3.76. The molecule has 0 spiro atoms. The number of aliphatic hydroxyl groups is 1. The molecule has 0 amide bonds. The lowest BCUT2D eigenvalue weighted by molar-refractivity contribution is -0.112. The van der Waals surface area contributed by atoms with Crippen molar-refractivity contribution < 1.29 is 24.1 Å². The fourth-order valence-electron chi connectivity index (χ4n) is 2.34. The van der Waals surface area contributed by atoms with Gasteiger partial charge in [-0.25, -0.2) is 0 Å². The normalized spacial score (nSPS) is 14.2. The molecule has 0 aliphatic carbocycles. The second kappa shape index (κ2) is 18.9. The molecule has 2 atom stereocenters. The number of hydrogen-bond donors (Lipinski definition) is 2. The molecule has 152 valence electrons. The molecule has 7 heteroatoms. The molecule has 0 saturated carbocycles. The van der Waals surface area contributed by atoms with Crippen LogP contribution in [-0.2, 0) is 18.9 Å². The van der Waals surface area contributed by atoms with Crippen LogP contribution in [0.15, 0.2) is 0 Å². The molecule has 0 aliphatic rings. The highest BCUT2D eigenvalue weighted by atomic mass is 32.2. The molecule has 0 aromatic heterocycles. The van der Waals surface area contributed by atoms with Gasteiger partial charge in [-0.15, -0.1) is 0 Å². The molecule has 0 aromatic rings. The van der Waals surface area contributed by atoms with E-state index in [1.165, 1.54) is 32.1 Å². The van der Waals surface area contributed by atoms with Gasteiger partial charge in [0.05, 0.1) is 32.0 Å². The average Bonchev–Trinajstić information content (AvgIpc) is 2.60. The zero-order valence-electron chi connectivity index (χ0n) is 16.3. The molecular formula is C18H39NO5S. The minimum atomic E-state index is -0.501. The third-order valence-corrected chi connectivity index (χ3v) is 5.00. The molecule has 2 unspecified atom stereocenters. The topological polar surface area (TPSA) is 83.2 Å². The van der Waals surface area contributed by atoms with Crippen molar-refractivity contribution in [3.05, 3.63) is 0 Å². The lowest BCUT2D eigenvalue weighted by Gasteiger charge is -2.21. The van der Waals surface area contributed by atoms with Crippen molar-refractivity contribution in [3.63, 3.8) is 0 Å². The summed E-state index contributed by atoms with van der Waals surface area (Å²) in [6.45, 7) is 4.45. The maximum atomic E-state index is 9.87. The van der Waals surface area contributed by atoms with Crippen LogP contribution in [0.3, 0.4) is 0 Å². The van der Waals surface area contributed by atoms with Crippen LogP contribution in [-0.4, -0.2) is 75.7 Å². The summed E-state index contributed by atoms with van der Waals surface area (Å²) in [5, 5.41) is 9.87. The molecule has 0 bridgehead atoms. The predicted molar refractivity (Wildman–Crippen MR) is 104 cm³/mol. The van der Waals surface area contributed by atoms with E-state index in [1.807, 2.05) is 0 Å². The van der Waals surface area contributed by atoms with E-state index in [4.69, 9.17) is 24.7 Å². The van der Waals surface area contributed by atoms with Gasteiger partial charge >= 0.3 is 0 Å². The van der Waals surface area contributed by atoms with Crippen molar-refractivity contribution in [2.24, 2.45) is 5.73 Å². The number of unbranched alkanes of at least 4 members (excludes halogenated alkanes) is 5. The minimum Gasteiger partial charge on any atom is -0.390 e. The van der Waals surface area contributed by atoms with Gasteiger partial charge < -0.3 is 29.8 Å². The fourth-order valence-corrected chi connectivity index (χ4v) is 3.27. The second-order valence-corrected chi connectivity index (χ2v) is 7.22. The van der Waals surface area contributed by atoms with Crippen LogP contribution in [0, 0.1) is 0 Å². The van der Waals surface area contributed by atoms with Crippen molar-refractivity contribution in [1.82, 2.24) is 0 Å². The third kappa shape index (κ3) is 16.0. The quantitative estimate of drug-likeness (QED) is 0.263. The Balaban J connectivity index is 3.34. The van der Waals surface area contributed by atoms with Crippen molar-refractivity contribution in [1.29, 1.82) is 0 Å². The number of rotatable bonds is 19. The molecule has 3 N–H and O–H groups in total. The number of methoxy groups -OCH3 is 2. The Morgan fingerprint density at radius 1 is 0.880 bits per heavy atom. The Morgan fingerprint density at radius 2 is 1.52 bits per heavy atom. The number of aliphatic hydroxyl groups excluding tert-OH is 1. The highest BCUT2D eigenvalue weighted by molar-refractivity contribution is 7.99. The molecule has 6 nitrogen and oxygen atoms in total. The summed E-state index contributed by atoms with van der Waals surface area (Å²) < 4.78 is 21.2. The highest BCUT2D eigenvalue weighted by Crippen LogP contribution is 2.09. The lowest BCUT2D eigenvalue weighted by atomic mass is 10.1. The first kappa shape index (κ1) is 25.1. The van der Waals surface area contributed by atoms with Gasteiger partial charge in [0.15, 0.2) is 6.29 Å². The lowest BCUT2D eigenvalue weighted by Crippen LogP contribution is -2.39. The van der Waals surface area contributed by atoms with Gasteiger partial charge in [-0.05, 0) is 6.42 Å². The first-order valence-electron chi connectivity index (χ1n) is 9.38. The van der Waals surface area contributed by atoms with E-state index in [0.717, 1.165) is 13.0 Å². The summed E-state index contributed by atoms with van der Waals surface area (Å²) in [5.41, 5.74) is 5.94. The van der Waals surface area contributed by atoms with E-state index >= 15 is 0 Å². The molecule has 0 aliphatic heterocycles. The van der Waals surface area contributed by atoms with Gasteiger partial charge in [0.2, 0.25) is 0 Å². The van der Waals surface area contributed by atoms with Gasteiger partial charge in [0, 0.05) is 32.3 Å². The highest BCUT2D eigenvalue weighted by Gasteiger charge is 2.16. The summed E-state index contributed by atoms with van der Waals surface area (Å²) in [4.78, 5) is 0. The van der Waals surface area contributed by atoms with Crippen molar-refractivity contribution in [2.45, 2.75) is 63.9 Å². The standard InChI is InChI=1S/C18H39NO5S/c1-4-5-6-7-8-9-10-23-11-12-24-13-16(20)14-25-15-17(19)18(21-2)22-3/h16-18,20H,4-15,19H2,1-3H3. The Hall–Kier alpha value is 0.110. The smallest absolute Gasteiger partial charge is 0.172 e. The number of ether oxygens (including phenoxy) is 4. The van der Waals surface area contributed by atoms with Gasteiger partial charge in [0.25, 0.3) is 0 Å². The van der Waals surface area contributed by atoms with Crippen molar-refractivity contribution >= 4 is 11.8 Å². The Labute approximate surface area is 158 Å². The molecular weight excluding hydrogens is 342 g/mol. The molecule has 25 heavy (non-hydrogen) atoms. The van der Waals surface area contributed by atoms with Gasteiger partial charge in [0.1, 0.15) is 0 Å². The summed E-state index contributed by atoms with van der Waals surface area (Å²) in [6, 6.07) is -0.219. The minimum absolute atomic E-state index is 0.219. The fraction of sp³-hybridized carbons (Fsp3) is 1.00. The predicted octanol–water partition coefficient (Wildman–Crippen LogP) is 2.42. The number of thioether (sulfide) groups is 1. The largest absolute Gasteiger partial charge is 0.390 e. The van der Waals surface area contributed by atoms with Crippen LogP contribution in [0.5, 0.6) is 0 Å². The van der Waals surface area contributed by atoms with Crippen LogP contribution in [0.2, 0.25) is 0 Å². The molecule has 0 aromatic carbocycles. The van der Waals surface area contributed by atoms with E-state index in [2.05, 4.69) is 6.92 Å². The van der Waals surface area contributed by atoms with Gasteiger partial charge in [-0.3, -0.25) is 0 Å². The second-order valence-electron chi connectivity index (χ2n) is 6.15. The first-order valence-corrected chi connectivity index (χ1v) is 10.5. The SMILES string of the molecule is CCCCCCCCOCCOCC(O)CSCC(N)C(OC)OC. The van der Waals surface area contributed by atoms with Gasteiger partial charge in [-0.2, -0.15) is 11.8 Å². The maximum absolute atomic E-state index is 9.87. The number of nitrogens with two attached hydrogens (primary N) is 1. The molecule has 0 rings (SSSR count). The Kier molecular flexibility index (Phi) is 19.0. The average molecular weight is 382 g/mol. The molecule has 0 fully saturated rings. The van der Waals surface area contributed by atoms with Crippen molar-refractivity contribution in [3.8, 4) is 0 Å². The monoisotopic (exact) mass is 381 g/mol. The van der Waals surface area contributed by atoms with Crippen LogP contribution >= 0.6 is 11.8 Å². The first-order chi connectivity index (χ1) is 12.2. The summed E-state index contributed by atoms with van der Waals surface area (Å²) in [6.07, 6.45) is 6.70. The molecule has 0 saturated heterocycles. The molecule has 0 heterocycles. The van der Waals surface area contributed by atoms with E-state index in [1.54, 1.807) is 26.0 Å². The van der Waals surface area contributed by atoms with E-state index in [-0.39, 0.29) is 6.04 Å². The van der Waals surface area contributed by atoms with Crippen LogP contribution in [0.4, 0.5) is 0 Å². The Bertz CT molecular complexity index is 270. The summed E-state index contributed by atoms with van der Waals surface area (Å²) in [5.74, 6) is 1.23. The maximum Gasteiger partial charge on any atom is 0.172 e. The van der Waals surface area contributed by atoms with Crippen LogP contribution in [0.25, 0.3) is 0 Å². The zero-order valence-corrected chi connectivity index (χ0v) is 17.1. The summed E-state index contributed by atoms with van der Waals surface area (Å²) in [7, 11) is 3.13. The van der Waals surface area contributed by atoms with E-state index in [9.17, 15) is 5.11 Å². The molecule has 0 radical (unpaired) electrons. The van der Waals surface area contributed by atoms with Crippen LogP contribution < -0.4 is 5.73 Å².